The lowest BCUT2D eigenvalue weighted by molar-refractivity contribution is -0.141. The largest absolute Gasteiger partial charge is 0.444 e. The Labute approximate surface area is 208 Å². The van der Waals surface area contributed by atoms with Gasteiger partial charge in [0.2, 0.25) is 5.91 Å². The van der Waals surface area contributed by atoms with E-state index in [1.54, 1.807) is 12.1 Å². The van der Waals surface area contributed by atoms with Gasteiger partial charge in [-0.05, 0) is 94.9 Å². The maximum atomic E-state index is 13.9. The van der Waals surface area contributed by atoms with Crippen molar-refractivity contribution in [3.63, 3.8) is 0 Å². The van der Waals surface area contributed by atoms with Crippen molar-refractivity contribution in [3.05, 3.63) is 35.3 Å². The molecular weight excluding hydrogens is 445 g/mol. The number of benzene rings is 1. The van der Waals surface area contributed by atoms with Crippen molar-refractivity contribution in [2.45, 2.75) is 84.8 Å². The van der Waals surface area contributed by atoms with E-state index in [0.717, 1.165) is 60.7 Å². The molecule has 1 atom stereocenters. The predicted octanol–water partition coefficient (Wildman–Crippen LogP) is 6.11. The maximum absolute atomic E-state index is 13.9. The minimum Gasteiger partial charge on any atom is -0.444 e. The van der Waals surface area contributed by atoms with Crippen LogP contribution < -0.4 is 5.32 Å². The van der Waals surface area contributed by atoms with Gasteiger partial charge >= 0.3 is 6.09 Å². The van der Waals surface area contributed by atoms with E-state index in [-0.39, 0.29) is 35.7 Å². The number of carbonyl (C=O) groups is 2. The molecule has 1 aromatic heterocycles. The Hall–Kier alpha value is -2.57. The van der Waals surface area contributed by atoms with Gasteiger partial charge in [0.1, 0.15) is 11.4 Å². The molecule has 0 saturated heterocycles. The number of aromatic amines is 1. The van der Waals surface area contributed by atoms with Crippen molar-refractivity contribution in [3.8, 4) is 0 Å². The number of amides is 2. The van der Waals surface area contributed by atoms with Gasteiger partial charge in [0.05, 0.1) is 6.04 Å². The third-order valence-corrected chi connectivity index (χ3v) is 7.47. The summed E-state index contributed by atoms with van der Waals surface area (Å²) < 4.78 is 19.2. The molecule has 1 saturated carbocycles. The summed E-state index contributed by atoms with van der Waals surface area (Å²) in [6.45, 7) is 11.2. The highest BCUT2D eigenvalue weighted by molar-refractivity contribution is 5.86. The van der Waals surface area contributed by atoms with Crippen LogP contribution in [0.1, 0.15) is 84.0 Å². The second-order valence-corrected chi connectivity index (χ2v) is 11.6. The molecule has 1 aliphatic heterocycles. The summed E-state index contributed by atoms with van der Waals surface area (Å²) >= 11 is 0. The van der Waals surface area contributed by atoms with E-state index in [1.807, 2.05) is 20.8 Å². The van der Waals surface area contributed by atoms with Gasteiger partial charge in [0.25, 0.3) is 0 Å². The molecule has 7 heteroatoms. The lowest BCUT2D eigenvalue weighted by Crippen LogP contribution is -2.45. The first-order valence-corrected chi connectivity index (χ1v) is 13.1. The first-order valence-electron chi connectivity index (χ1n) is 13.1. The van der Waals surface area contributed by atoms with Gasteiger partial charge in [0, 0.05) is 35.6 Å². The highest BCUT2D eigenvalue weighted by Crippen LogP contribution is 2.41. The molecule has 2 N–H and O–H groups in total. The third-order valence-electron chi connectivity index (χ3n) is 7.47. The Balaban J connectivity index is 1.35. The molecule has 2 aromatic rings. The standard InChI is InChI=1S/C28H40FN3O3/c1-17(2)25-24-21(22-16-20(29)10-11-23(22)31-24)13-15-32(25)26(33)19-8-6-18(7-9-19)12-14-30-27(34)35-28(3,4)5/h10-11,16-19,25,31H,6-9,12-15H2,1-5H3,(H,30,34). The molecule has 35 heavy (non-hydrogen) atoms. The number of nitrogens with zero attached hydrogens (tertiary/aromatic N) is 1. The molecule has 0 bridgehead atoms. The van der Waals surface area contributed by atoms with Gasteiger partial charge < -0.3 is 19.9 Å². The van der Waals surface area contributed by atoms with Gasteiger partial charge in [-0.25, -0.2) is 9.18 Å². The normalized spacial score (nSPS) is 22.8. The zero-order chi connectivity index (χ0) is 25.3. The maximum Gasteiger partial charge on any atom is 0.407 e. The first-order chi connectivity index (χ1) is 16.5. The Morgan fingerprint density at radius 2 is 1.91 bits per heavy atom. The summed E-state index contributed by atoms with van der Waals surface area (Å²) in [4.78, 5) is 31.1. The average molecular weight is 486 g/mol. The van der Waals surface area contributed by atoms with Crippen molar-refractivity contribution in [1.82, 2.24) is 15.2 Å². The van der Waals surface area contributed by atoms with Crippen molar-refractivity contribution < 1.29 is 18.7 Å². The molecule has 1 unspecified atom stereocenters. The van der Waals surface area contributed by atoms with E-state index in [4.69, 9.17) is 4.74 Å². The number of H-pyrrole nitrogens is 1. The summed E-state index contributed by atoms with van der Waals surface area (Å²) in [6.07, 6.45) is 5.08. The minimum absolute atomic E-state index is 0.0162. The van der Waals surface area contributed by atoms with E-state index in [9.17, 15) is 14.0 Å². The Bertz CT molecular complexity index is 1060. The quantitative estimate of drug-likeness (QED) is 0.537. The SMILES string of the molecule is CC(C)C1c2[nH]c3ccc(F)cc3c2CCN1C(=O)C1CCC(CCNC(=O)OC(C)(C)C)CC1. The summed E-state index contributed by atoms with van der Waals surface area (Å²) in [7, 11) is 0. The van der Waals surface area contributed by atoms with Gasteiger partial charge in [-0.1, -0.05) is 13.8 Å². The molecule has 192 valence electrons. The van der Waals surface area contributed by atoms with Crippen LogP contribution in [-0.2, 0) is 16.0 Å². The van der Waals surface area contributed by atoms with Crippen molar-refractivity contribution in [2.24, 2.45) is 17.8 Å². The number of halogens is 1. The van der Waals surface area contributed by atoms with E-state index < -0.39 is 5.60 Å². The number of carbonyl (C=O) groups excluding carboxylic acids is 2. The summed E-state index contributed by atoms with van der Waals surface area (Å²) in [5.41, 5.74) is 2.68. The van der Waals surface area contributed by atoms with E-state index >= 15 is 0 Å². The summed E-state index contributed by atoms with van der Waals surface area (Å²) in [6, 6.07) is 4.88. The molecule has 2 heterocycles. The number of fused-ring (bicyclic) bond motifs is 3. The van der Waals surface area contributed by atoms with Crippen LogP contribution in [0.25, 0.3) is 10.9 Å². The molecule has 0 spiro atoms. The van der Waals surface area contributed by atoms with Gasteiger partial charge in [-0.2, -0.15) is 0 Å². The molecule has 2 amide bonds. The number of hydrogen-bond acceptors (Lipinski definition) is 3. The highest BCUT2D eigenvalue weighted by atomic mass is 19.1. The monoisotopic (exact) mass is 485 g/mol. The van der Waals surface area contributed by atoms with Crippen molar-refractivity contribution >= 4 is 22.9 Å². The second kappa shape index (κ2) is 10.2. The van der Waals surface area contributed by atoms with Gasteiger partial charge in [0.15, 0.2) is 0 Å². The Morgan fingerprint density at radius 1 is 1.20 bits per heavy atom. The van der Waals surface area contributed by atoms with E-state index in [0.29, 0.717) is 19.0 Å². The summed E-state index contributed by atoms with van der Waals surface area (Å²) in [5.74, 6) is 0.855. The van der Waals surface area contributed by atoms with Crippen LogP contribution in [0.3, 0.4) is 0 Å². The highest BCUT2D eigenvalue weighted by Gasteiger charge is 2.38. The Morgan fingerprint density at radius 3 is 2.57 bits per heavy atom. The van der Waals surface area contributed by atoms with E-state index in [1.165, 1.54) is 6.07 Å². The Kier molecular flexibility index (Phi) is 7.43. The zero-order valence-corrected chi connectivity index (χ0v) is 21.7. The summed E-state index contributed by atoms with van der Waals surface area (Å²) in [5, 5.41) is 3.79. The fourth-order valence-electron chi connectivity index (χ4n) is 5.86. The third kappa shape index (κ3) is 5.81. The van der Waals surface area contributed by atoms with Crippen LogP contribution in [0, 0.1) is 23.6 Å². The fraction of sp³-hybridized carbons (Fsp3) is 0.643. The number of alkyl carbamates (subject to hydrolysis) is 1. The molecule has 2 aliphatic rings. The van der Waals surface area contributed by atoms with Gasteiger partial charge in [-0.15, -0.1) is 0 Å². The van der Waals surface area contributed by atoms with Crippen molar-refractivity contribution in [1.29, 1.82) is 0 Å². The van der Waals surface area contributed by atoms with Crippen LogP contribution in [-0.4, -0.2) is 40.6 Å². The molecule has 0 radical (unpaired) electrons. The van der Waals surface area contributed by atoms with Crippen LogP contribution in [0.5, 0.6) is 0 Å². The predicted molar refractivity (Wildman–Crippen MR) is 136 cm³/mol. The number of ether oxygens (including phenoxy) is 1. The number of aromatic nitrogens is 1. The molecule has 1 aliphatic carbocycles. The molecule has 1 aromatic carbocycles. The molecule has 1 fully saturated rings. The first kappa shape index (κ1) is 25.5. The molecule has 6 nitrogen and oxygen atoms in total. The molecule has 4 rings (SSSR count). The van der Waals surface area contributed by atoms with Crippen molar-refractivity contribution in [2.75, 3.05) is 13.1 Å². The second-order valence-electron chi connectivity index (χ2n) is 11.6. The minimum atomic E-state index is -0.491. The lowest BCUT2D eigenvalue weighted by Gasteiger charge is -2.41. The lowest BCUT2D eigenvalue weighted by atomic mass is 9.79. The zero-order valence-electron chi connectivity index (χ0n) is 21.7. The number of hydrogen-bond donors (Lipinski definition) is 2. The van der Waals surface area contributed by atoms with Crippen LogP contribution in [0.4, 0.5) is 9.18 Å². The molecular formula is C28H40FN3O3. The number of rotatable bonds is 5. The van der Waals surface area contributed by atoms with Crippen LogP contribution in [0.15, 0.2) is 18.2 Å². The van der Waals surface area contributed by atoms with Crippen LogP contribution >= 0.6 is 0 Å². The number of nitrogens with one attached hydrogen (secondary N) is 2. The average Bonchev–Trinajstić information content (AvgIpc) is 3.14. The fourth-order valence-corrected chi connectivity index (χ4v) is 5.86. The smallest absolute Gasteiger partial charge is 0.407 e. The van der Waals surface area contributed by atoms with Gasteiger partial charge in [-0.3, -0.25) is 4.79 Å². The van der Waals surface area contributed by atoms with E-state index in [2.05, 4.69) is 29.0 Å². The van der Waals surface area contributed by atoms with Crippen LogP contribution in [0.2, 0.25) is 0 Å². The topological polar surface area (TPSA) is 74.4 Å².